The van der Waals surface area contributed by atoms with Gasteiger partial charge in [0.1, 0.15) is 5.69 Å². The normalized spacial score (nSPS) is 16.3. The molecule has 36 heavy (non-hydrogen) atoms. The molecule has 1 N–H and O–H groups in total. The number of rotatable bonds is 8. The van der Waals surface area contributed by atoms with E-state index in [9.17, 15) is 13.2 Å². The van der Waals surface area contributed by atoms with Gasteiger partial charge in [-0.2, -0.15) is 4.31 Å². The molecule has 0 unspecified atom stereocenters. The maximum absolute atomic E-state index is 13.5. The topological polar surface area (TPSA) is 92.5 Å². The average molecular weight is 508 g/mol. The lowest BCUT2D eigenvalue weighted by atomic mass is 9.96. The molecule has 0 bridgehead atoms. The predicted molar refractivity (Wildman–Crippen MR) is 141 cm³/mol. The first kappa shape index (κ1) is 25.9. The summed E-state index contributed by atoms with van der Waals surface area (Å²) in [5, 5.41) is 6.96. The Morgan fingerprint density at radius 3 is 2.42 bits per heavy atom. The Balaban J connectivity index is 1.37. The van der Waals surface area contributed by atoms with Gasteiger partial charge in [0.2, 0.25) is 15.9 Å². The second-order valence-electron chi connectivity index (χ2n) is 9.44. The zero-order valence-corrected chi connectivity index (χ0v) is 21.8. The molecule has 0 radical (unpaired) electrons. The van der Waals surface area contributed by atoms with Crippen LogP contribution in [0.25, 0.3) is 12.2 Å². The summed E-state index contributed by atoms with van der Waals surface area (Å²) in [6.45, 7) is 6.83. The second kappa shape index (κ2) is 11.2. The number of piperidine rings is 1. The highest BCUT2D eigenvalue weighted by Gasteiger charge is 2.35. The van der Waals surface area contributed by atoms with E-state index in [0.29, 0.717) is 25.1 Å². The molecule has 2 heterocycles. The van der Waals surface area contributed by atoms with E-state index in [4.69, 9.17) is 4.52 Å². The number of amides is 1. The van der Waals surface area contributed by atoms with Crippen molar-refractivity contribution in [3.63, 3.8) is 0 Å². The van der Waals surface area contributed by atoms with Crippen LogP contribution in [-0.2, 0) is 14.8 Å². The molecule has 1 aliphatic heterocycles. The molecular formula is C28H33N3O4S. The zero-order valence-electron chi connectivity index (χ0n) is 21.0. The molecule has 0 spiro atoms. The monoisotopic (exact) mass is 507 g/mol. The average Bonchev–Trinajstić information content (AvgIpc) is 3.28. The summed E-state index contributed by atoms with van der Waals surface area (Å²) >= 11 is 0. The molecular weight excluding hydrogens is 474 g/mol. The Hall–Kier alpha value is -3.23. The van der Waals surface area contributed by atoms with Crippen molar-refractivity contribution in [3.05, 3.63) is 82.7 Å². The summed E-state index contributed by atoms with van der Waals surface area (Å²) in [5.41, 5.74) is 3.59. The van der Waals surface area contributed by atoms with Gasteiger partial charge in [0.05, 0.1) is 0 Å². The fourth-order valence-corrected chi connectivity index (χ4v) is 6.15. The molecule has 0 aliphatic carbocycles. The van der Waals surface area contributed by atoms with E-state index in [2.05, 4.69) is 29.5 Å². The highest BCUT2D eigenvalue weighted by molar-refractivity contribution is 7.89. The smallest absolute Gasteiger partial charge is 0.248 e. The summed E-state index contributed by atoms with van der Waals surface area (Å²) in [6, 6.07) is 18.0. The van der Waals surface area contributed by atoms with E-state index < -0.39 is 10.0 Å². The number of aromatic nitrogens is 1. The highest BCUT2D eigenvalue weighted by atomic mass is 32.2. The van der Waals surface area contributed by atoms with Crippen LogP contribution in [0.5, 0.6) is 0 Å². The largest absolute Gasteiger partial charge is 0.355 e. The Labute approximate surface area is 213 Å². The lowest BCUT2D eigenvalue weighted by Gasteiger charge is -2.30. The standard InChI is InChI=1S/C28H33N3O4S/c1-20-9-11-23(12-10-20)13-14-26-27(22(3)30-35-26)36(33,34)31-17-15-25(16-18-31)28(32)29-19-21(2)24-7-5-4-6-8-24/h4-14,21,25H,15-19H2,1-3H3,(H,29,32)/b14-13+/t21-/m0/s1. The van der Waals surface area contributed by atoms with Crippen LogP contribution in [0.2, 0.25) is 0 Å². The molecule has 1 fully saturated rings. The van der Waals surface area contributed by atoms with Gasteiger partial charge < -0.3 is 9.84 Å². The van der Waals surface area contributed by atoms with E-state index >= 15 is 0 Å². The molecule has 0 saturated carbocycles. The van der Waals surface area contributed by atoms with E-state index in [1.807, 2.05) is 55.5 Å². The lowest BCUT2D eigenvalue weighted by Crippen LogP contribution is -2.43. The number of carbonyl (C=O) groups is 1. The minimum atomic E-state index is -3.81. The van der Waals surface area contributed by atoms with Crippen LogP contribution < -0.4 is 5.32 Å². The van der Waals surface area contributed by atoms with E-state index in [1.54, 1.807) is 13.0 Å². The second-order valence-corrected chi connectivity index (χ2v) is 11.3. The molecule has 7 nitrogen and oxygen atoms in total. The Bertz CT molecular complexity index is 1310. The van der Waals surface area contributed by atoms with Gasteiger partial charge in [-0.05, 0) is 49.8 Å². The summed E-state index contributed by atoms with van der Waals surface area (Å²) in [4.78, 5) is 12.8. The third-order valence-electron chi connectivity index (χ3n) is 6.71. The third kappa shape index (κ3) is 5.94. The molecule has 3 aromatic rings. The highest BCUT2D eigenvalue weighted by Crippen LogP contribution is 2.29. The molecule has 1 saturated heterocycles. The molecule has 1 atom stereocenters. The number of hydrogen-bond donors (Lipinski definition) is 1. The maximum atomic E-state index is 13.5. The first-order valence-electron chi connectivity index (χ1n) is 12.3. The van der Waals surface area contributed by atoms with Crippen molar-refractivity contribution in [2.45, 2.75) is 44.4 Å². The minimum Gasteiger partial charge on any atom is -0.355 e. The van der Waals surface area contributed by atoms with Crippen LogP contribution in [0.4, 0.5) is 0 Å². The van der Waals surface area contributed by atoms with Gasteiger partial charge in [-0.3, -0.25) is 4.79 Å². The van der Waals surface area contributed by atoms with Gasteiger partial charge in [-0.15, -0.1) is 0 Å². The van der Waals surface area contributed by atoms with Crippen molar-refractivity contribution in [1.82, 2.24) is 14.8 Å². The van der Waals surface area contributed by atoms with Crippen molar-refractivity contribution in [2.24, 2.45) is 5.92 Å². The summed E-state index contributed by atoms with van der Waals surface area (Å²) in [7, 11) is -3.81. The van der Waals surface area contributed by atoms with E-state index in [-0.39, 0.29) is 41.5 Å². The molecule has 4 rings (SSSR count). The van der Waals surface area contributed by atoms with Crippen LogP contribution >= 0.6 is 0 Å². The lowest BCUT2D eigenvalue weighted by molar-refractivity contribution is -0.126. The van der Waals surface area contributed by atoms with Crippen molar-refractivity contribution < 1.29 is 17.7 Å². The Morgan fingerprint density at radius 2 is 1.75 bits per heavy atom. The van der Waals surface area contributed by atoms with Gasteiger partial charge >= 0.3 is 0 Å². The summed E-state index contributed by atoms with van der Waals surface area (Å²) < 4.78 is 33.8. The van der Waals surface area contributed by atoms with Gasteiger partial charge in [-0.1, -0.05) is 78.3 Å². The van der Waals surface area contributed by atoms with Gasteiger partial charge in [0.15, 0.2) is 10.7 Å². The zero-order chi connectivity index (χ0) is 25.7. The SMILES string of the molecule is Cc1ccc(/C=C/c2onc(C)c2S(=O)(=O)N2CCC(C(=O)NC[C@H](C)c3ccccc3)CC2)cc1. The minimum absolute atomic E-state index is 0.0160. The van der Waals surface area contributed by atoms with E-state index in [0.717, 1.165) is 11.1 Å². The molecule has 2 aromatic carbocycles. The van der Waals surface area contributed by atoms with Crippen LogP contribution in [0.15, 0.2) is 64.0 Å². The molecule has 190 valence electrons. The Morgan fingerprint density at radius 1 is 1.08 bits per heavy atom. The maximum Gasteiger partial charge on any atom is 0.248 e. The van der Waals surface area contributed by atoms with Crippen LogP contribution in [0.3, 0.4) is 0 Å². The van der Waals surface area contributed by atoms with Crippen LogP contribution in [-0.4, -0.2) is 43.4 Å². The number of benzene rings is 2. The summed E-state index contributed by atoms with van der Waals surface area (Å²) in [6.07, 6.45) is 4.41. The van der Waals surface area contributed by atoms with Crippen LogP contribution in [0.1, 0.15) is 53.8 Å². The number of nitrogens with zero attached hydrogens (tertiary/aromatic N) is 2. The van der Waals surface area contributed by atoms with E-state index in [1.165, 1.54) is 9.87 Å². The number of aryl methyl sites for hydroxylation is 2. The number of sulfonamides is 1. The van der Waals surface area contributed by atoms with Gasteiger partial charge in [0, 0.05) is 25.6 Å². The molecule has 8 heteroatoms. The van der Waals surface area contributed by atoms with Crippen molar-refractivity contribution >= 4 is 28.1 Å². The molecule has 1 amide bonds. The van der Waals surface area contributed by atoms with Gasteiger partial charge in [0.25, 0.3) is 0 Å². The number of carbonyl (C=O) groups excluding carboxylic acids is 1. The van der Waals surface area contributed by atoms with Crippen molar-refractivity contribution in [1.29, 1.82) is 0 Å². The fraction of sp³-hybridized carbons (Fsp3) is 0.357. The predicted octanol–water partition coefficient (Wildman–Crippen LogP) is 4.78. The van der Waals surface area contributed by atoms with Crippen LogP contribution in [0, 0.1) is 19.8 Å². The molecule has 1 aliphatic rings. The number of nitrogens with one attached hydrogen (secondary N) is 1. The quantitative estimate of drug-likeness (QED) is 0.474. The van der Waals surface area contributed by atoms with Gasteiger partial charge in [-0.25, -0.2) is 8.42 Å². The Kier molecular flexibility index (Phi) is 8.06. The van der Waals surface area contributed by atoms with Crippen molar-refractivity contribution in [2.75, 3.05) is 19.6 Å². The third-order valence-corrected chi connectivity index (χ3v) is 8.77. The first-order valence-corrected chi connectivity index (χ1v) is 13.7. The van der Waals surface area contributed by atoms with Crippen molar-refractivity contribution in [3.8, 4) is 0 Å². The summed E-state index contributed by atoms with van der Waals surface area (Å²) in [5.74, 6) is 0.197. The molecule has 1 aromatic heterocycles. The number of hydrogen-bond acceptors (Lipinski definition) is 5. The first-order chi connectivity index (χ1) is 17.3. The fourth-order valence-electron chi connectivity index (χ4n) is 4.43.